The smallest absolute Gasteiger partial charge is 0.260 e. The van der Waals surface area contributed by atoms with Crippen molar-refractivity contribution in [2.45, 2.75) is 44.2 Å². The molecule has 1 aromatic carbocycles. The number of halogens is 2. The molecule has 2 aliphatic heterocycles. The maximum absolute atomic E-state index is 13.5. The third-order valence-corrected chi connectivity index (χ3v) is 5.88. The van der Waals surface area contributed by atoms with E-state index in [9.17, 15) is 13.6 Å². The highest BCUT2D eigenvalue weighted by Gasteiger charge is 2.38. The minimum absolute atomic E-state index is 0.0595. The van der Waals surface area contributed by atoms with Gasteiger partial charge in [-0.3, -0.25) is 4.79 Å². The van der Waals surface area contributed by atoms with Crippen LogP contribution in [-0.2, 0) is 11.2 Å². The number of ether oxygens (including phenoxy) is 1. The summed E-state index contributed by atoms with van der Waals surface area (Å²) in [6.07, 6.45) is 1.15. The summed E-state index contributed by atoms with van der Waals surface area (Å²) in [5.41, 5.74) is 0.930. The number of carbonyl (C=O) groups is 1. The fraction of sp³-hybridized carbons (Fsp3) is 0.550. The van der Waals surface area contributed by atoms with Crippen LogP contribution >= 0.6 is 0 Å². The average molecular weight is 405 g/mol. The van der Waals surface area contributed by atoms with Crippen LogP contribution in [0.3, 0.4) is 0 Å². The zero-order valence-corrected chi connectivity index (χ0v) is 16.3. The topological polar surface area (TPSA) is 72.3 Å². The predicted octanol–water partition coefficient (Wildman–Crippen LogP) is 2.76. The van der Waals surface area contributed by atoms with Crippen molar-refractivity contribution in [2.24, 2.45) is 5.92 Å². The number of nitrogens with zero attached hydrogens (tertiary/aromatic N) is 4. The predicted molar refractivity (Wildman–Crippen MR) is 103 cm³/mol. The van der Waals surface area contributed by atoms with Crippen LogP contribution in [0.1, 0.15) is 30.9 Å². The highest BCUT2D eigenvalue weighted by molar-refractivity contribution is 5.79. The molecule has 156 valence electrons. The first-order valence-corrected chi connectivity index (χ1v) is 9.90. The van der Waals surface area contributed by atoms with Crippen molar-refractivity contribution in [3.63, 3.8) is 0 Å². The molecule has 9 heteroatoms. The largest absolute Gasteiger partial charge is 0.497 e. The van der Waals surface area contributed by atoms with Gasteiger partial charge in [-0.05, 0) is 42.9 Å². The molecule has 2 aromatic rings. The maximum atomic E-state index is 13.5. The number of aromatic nitrogens is 3. The van der Waals surface area contributed by atoms with Gasteiger partial charge in [0.2, 0.25) is 11.9 Å². The summed E-state index contributed by atoms with van der Waals surface area (Å²) in [6, 6.07) is 6.33. The van der Waals surface area contributed by atoms with E-state index in [0.29, 0.717) is 25.5 Å². The first kappa shape index (κ1) is 19.6. The van der Waals surface area contributed by atoms with Crippen LogP contribution in [0.25, 0.3) is 0 Å². The highest BCUT2D eigenvalue weighted by Crippen LogP contribution is 2.35. The number of amides is 1. The van der Waals surface area contributed by atoms with Crippen molar-refractivity contribution >= 4 is 11.9 Å². The number of methoxy groups -OCH3 is 1. The number of rotatable bonds is 5. The summed E-state index contributed by atoms with van der Waals surface area (Å²) in [6.45, 7) is 1.27. The molecule has 0 radical (unpaired) electrons. The Morgan fingerprint density at radius 2 is 2.14 bits per heavy atom. The van der Waals surface area contributed by atoms with E-state index in [0.717, 1.165) is 24.2 Å². The molecule has 1 saturated heterocycles. The fourth-order valence-corrected chi connectivity index (χ4v) is 4.30. The van der Waals surface area contributed by atoms with E-state index in [1.165, 1.54) is 11.0 Å². The number of carbonyl (C=O) groups excluding carboxylic acids is 1. The maximum Gasteiger partial charge on any atom is 0.260 e. The lowest BCUT2D eigenvalue weighted by atomic mass is 9.86. The second-order valence-electron chi connectivity index (χ2n) is 7.68. The first-order valence-electron chi connectivity index (χ1n) is 9.90. The molecule has 3 heterocycles. The van der Waals surface area contributed by atoms with Crippen molar-refractivity contribution in [1.82, 2.24) is 19.7 Å². The molecule has 4 rings (SSSR count). The van der Waals surface area contributed by atoms with Crippen molar-refractivity contribution in [2.75, 3.05) is 25.5 Å². The second kappa shape index (κ2) is 8.34. The van der Waals surface area contributed by atoms with Gasteiger partial charge in [0.25, 0.3) is 6.43 Å². The van der Waals surface area contributed by atoms with Crippen molar-refractivity contribution < 1.29 is 18.3 Å². The van der Waals surface area contributed by atoms with Crippen LogP contribution < -0.4 is 10.1 Å². The second-order valence-corrected chi connectivity index (χ2v) is 7.68. The Labute approximate surface area is 168 Å². The molecular formula is C20H25F2N5O2. The van der Waals surface area contributed by atoms with Gasteiger partial charge in [-0.15, -0.1) is 0 Å². The molecule has 0 aliphatic carbocycles. The van der Waals surface area contributed by atoms with Crippen LogP contribution in [0.2, 0.25) is 0 Å². The Kier molecular flexibility index (Phi) is 5.64. The number of alkyl halides is 2. The molecule has 0 unspecified atom stereocenters. The monoisotopic (exact) mass is 405 g/mol. The number of fused-ring (bicyclic) bond motifs is 1. The molecule has 0 spiro atoms. The lowest BCUT2D eigenvalue weighted by molar-refractivity contribution is -0.132. The van der Waals surface area contributed by atoms with E-state index in [-0.39, 0.29) is 24.3 Å². The normalized spacial score (nSPS) is 24.1. The molecule has 1 N–H and O–H groups in total. The zero-order valence-electron chi connectivity index (χ0n) is 16.3. The standard InChI is InChI=1S/C20H25F2N5O2/c1-29-15-6-4-13(5-7-15)9-18(28)26-8-2-3-14(11-26)16-10-17(19(21)22)27-20(25-16)23-12-24-27/h4-7,12,14,16-17,19H,2-3,8-11H2,1H3,(H,23,24,25)/t14-,16+,17-/m1/s1. The van der Waals surface area contributed by atoms with Gasteiger partial charge in [0.05, 0.1) is 13.5 Å². The number of likely N-dealkylation sites (tertiary alicyclic amines) is 1. The van der Waals surface area contributed by atoms with E-state index < -0.39 is 12.5 Å². The van der Waals surface area contributed by atoms with Gasteiger partial charge in [-0.25, -0.2) is 13.5 Å². The first-order chi connectivity index (χ1) is 14.0. The molecule has 2 aliphatic rings. The lowest BCUT2D eigenvalue weighted by Gasteiger charge is -2.40. The van der Waals surface area contributed by atoms with Crippen LogP contribution in [-0.4, -0.2) is 58.2 Å². The minimum Gasteiger partial charge on any atom is -0.497 e. The Morgan fingerprint density at radius 3 is 2.86 bits per heavy atom. The minimum atomic E-state index is -2.50. The van der Waals surface area contributed by atoms with E-state index in [1.807, 2.05) is 29.2 Å². The van der Waals surface area contributed by atoms with E-state index >= 15 is 0 Å². The average Bonchev–Trinajstić information content (AvgIpc) is 3.22. The number of nitrogens with one attached hydrogen (secondary N) is 1. The van der Waals surface area contributed by atoms with Crippen molar-refractivity contribution in [3.8, 4) is 5.75 Å². The third-order valence-electron chi connectivity index (χ3n) is 5.88. The summed E-state index contributed by atoms with van der Waals surface area (Å²) in [7, 11) is 1.61. The molecular weight excluding hydrogens is 380 g/mol. The number of hydrogen-bond acceptors (Lipinski definition) is 5. The molecule has 7 nitrogen and oxygen atoms in total. The zero-order chi connectivity index (χ0) is 20.4. The van der Waals surface area contributed by atoms with Gasteiger partial charge in [-0.2, -0.15) is 10.1 Å². The summed E-state index contributed by atoms with van der Waals surface area (Å²) in [5.74, 6) is 1.30. The van der Waals surface area contributed by atoms with Crippen LogP contribution in [0.5, 0.6) is 5.75 Å². The number of hydrogen-bond donors (Lipinski definition) is 1. The summed E-state index contributed by atoms with van der Waals surface area (Å²) < 4.78 is 33.5. The molecule has 0 saturated carbocycles. The number of benzene rings is 1. The molecule has 1 amide bonds. The van der Waals surface area contributed by atoms with Gasteiger partial charge in [0.1, 0.15) is 18.1 Å². The van der Waals surface area contributed by atoms with Gasteiger partial charge in [-0.1, -0.05) is 12.1 Å². The Hall–Kier alpha value is -2.71. The van der Waals surface area contributed by atoms with Gasteiger partial charge in [0.15, 0.2) is 0 Å². The third kappa shape index (κ3) is 4.18. The summed E-state index contributed by atoms with van der Waals surface area (Å²) >= 11 is 0. The van der Waals surface area contributed by atoms with Crippen LogP contribution in [0, 0.1) is 5.92 Å². The number of piperidine rings is 1. The molecule has 29 heavy (non-hydrogen) atoms. The fourth-order valence-electron chi connectivity index (χ4n) is 4.30. The summed E-state index contributed by atoms with van der Waals surface area (Å²) in [5, 5.41) is 7.19. The molecule has 3 atom stereocenters. The number of anilines is 1. The van der Waals surface area contributed by atoms with Crippen molar-refractivity contribution in [3.05, 3.63) is 36.2 Å². The quantitative estimate of drug-likeness (QED) is 0.828. The van der Waals surface area contributed by atoms with Gasteiger partial charge in [0, 0.05) is 19.1 Å². The van der Waals surface area contributed by atoms with E-state index in [2.05, 4.69) is 15.4 Å². The summed E-state index contributed by atoms with van der Waals surface area (Å²) in [4.78, 5) is 18.7. The molecule has 1 fully saturated rings. The van der Waals surface area contributed by atoms with Crippen LogP contribution in [0.4, 0.5) is 14.7 Å². The van der Waals surface area contributed by atoms with E-state index in [1.54, 1.807) is 7.11 Å². The Balaban J connectivity index is 1.41. The van der Waals surface area contributed by atoms with Gasteiger partial charge < -0.3 is 15.0 Å². The Bertz CT molecular complexity index is 842. The SMILES string of the molecule is COc1ccc(CC(=O)N2CCC[C@@H]([C@@H]3C[C@H](C(F)F)n4ncnc4N3)C2)cc1. The van der Waals surface area contributed by atoms with Crippen molar-refractivity contribution in [1.29, 1.82) is 0 Å². The van der Waals surface area contributed by atoms with Crippen LogP contribution in [0.15, 0.2) is 30.6 Å². The molecule has 0 bridgehead atoms. The Morgan fingerprint density at radius 1 is 1.34 bits per heavy atom. The lowest BCUT2D eigenvalue weighted by Crippen LogP contribution is -2.48. The van der Waals surface area contributed by atoms with Gasteiger partial charge >= 0.3 is 0 Å². The molecule has 1 aromatic heterocycles. The highest BCUT2D eigenvalue weighted by atomic mass is 19.3. The van der Waals surface area contributed by atoms with E-state index in [4.69, 9.17) is 4.74 Å².